The molecule has 0 fully saturated rings. The van der Waals surface area contributed by atoms with Gasteiger partial charge in [-0.15, -0.1) is 11.3 Å². The molecule has 3 aromatic rings. The summed E-state index contributed by atoms with van der Waals surface area (Å²) in [6, 6.07) is 11.4. The maximum atomic E-state index is 8.09. The molecule has 8 heteroatoms. The Hall–Kier alpha value is -3.13. The van der Waals surface area contributed by atoms with E-state index in [1.807, 2.05) is 41.8 Å². The van der Waals surface area contributed by atoms with Crippen molar-refractivity contribution in [3.63, 3.8) is 0 Å². The molecule has 2 heterocycles. The van der Waals surface area contributed by atoms with Gasteiger partial charge in [0.15, 0.2) is 5.96 Å². The molecule has 0 spiro atoms. The number of ether oxygens (including phenoxy) is 2. The third-order valence-electron chi connectivity index (χ3n) is 3.64. The van der Waals surface area contributed by atoms with Crippen molar-refractivity contribution >= 4 is 23.2 Å². The molecule has 26 heavy (non-hydrogen) atoms. The van der Waals surface area contributed by atoms with Crippen LogP contribution in [0.4, 0.5) is 5.95 Å². The van der Waals surface area contributed by atoms with Crippen molar-refractivity contribution in [1.82, 2.24) is 15.3 Å². The van der Waals surface area contributed by atoms with E-state index in [0.29, 0.717) is 24.0 Å². The van der Waals surface area contributed by atoms with Crippen LogP contribution in [0.2, 0.25) is 0 Å². The van der Waals surface area contributed by atoms with E-state index in [2.05, 4.69) is 20.6 Å². The van der Waals surface area contributed by atoms with Crippen LogP contribution in [0.25, 0.3) is 10.6 Å². The van der Waals surface area contributed by atoms with Crippen LogP contribution in [0.1, 0.15) is 5.56 Å². The summed E-state index contributed by atoms with van der Waals surface area (Å²) in [5.41, 5.74) is 1.65. The zero-order chi connectivity index (χ0) is 18.4. The highest BCUT2D eigenvalue weighted by Crippen LogP contribution is 2.28. The van der Waals surface area contributed by atoms with E-state index in [4.69, 9.17) is 14.9 Å². The van der Waals surface area contributed by atoms with Crippen LogP contribution in [-0.4, -0.2) is 30.1 Å². The van der Waals surface area contributed by atoms with E-state index in [-0.39, 0.29) is 5.96 Å². The fourth-order valence-corrected chi connectivity index (χ4v) is 3.11. The molecule has 2 aromatic heterocycles. The summed E-state index contributed by atoms with van der Waals surface area (Å²) in [5, 5.41) is 15.9. The van der Waals surface area contributed by atoms with Gasteiger partial charge in [-0.1, -0.05) is 12.1 Å². The number of benzene rings is 1. The molecule has 7 nitrogen and oxygen atoms in total. The van der Waals surface area contributed by atoms with Crippen LogP contribution in [0.15, 0.2) is 48.0 Å². The van der Waals surface area contributed by atoms with Crippen LogP contribution in [0, 0.1) is 5.41 Å². The third kappa shape index (κ3) is 4.09. The summed E-state index contributed by atoms with van der Waals surface area (Å²) in [6.45, 7) is 0.365. The molecule has 0 saturated carbocycles. The summed E-state index contributed by atoms with van der Waals surface area (Å²) in [7, 11) is 3.21. The maximum absolute atomic E-state index is 8.09. The van der Waals surface area contributed by atoms with Crippen LogP contribution in [0.5, 0.6) is 11.5 Å². The molecule has 3 N–H and O–H groups in total. The van der Waals surface area contributed by atoms with Gasteiger partial charge in [-0.3, -0.25) is 10.7 Å². The van der Waals surface area contributed by atoms with Crippen LogP contribution in [-0.2, 0) is 6.54 Å². The predicted molar refractivity (Wildman–Crippen MR) is 103 cm³/mol. The van der Waals surface area contributed by atoms with Crippen LogP contribution < -0.4 is 20.1 Å². The number of aromatic nitrogens is 2. The van der Waals surface area contributed by atoms with Crippen molar-refractivity contribution < 1.29 is 9.47 Å². The minimum absolute atomic E-state index is 0.0845. The minimum Gasteiger partial charge on any atom is -0.496 e. The third-order valence-corrected chi connectivity index (χ3v) is 4.53. The first-order valence-corrected chi connectivity index (χ1v) is 8.75. The Kier molecular flexibility index (Phi) is 5.65. The number of thiophene rings is 1. The van der Waals surface area contributed by atoms with Crippen molar-refractivity contribution in [1.29, 1.82) is 5.41 Å². The zero-order valence-corrected chi connectivity index (χ0v) is 15.3. The van der Waals surface area contributed by atoms with E-state index in [1.54, 1.807) is 31.8 Å². The second-order valence-corrected chi connectivity index (χ2v) is 6.19. The van der Waals surface area contributed by atoms with E-state index in [0.717, 1.165) is 16.1 Å². The number of nitrogens with zero attached hydrogens (tertiary/aromatic N) is 2. The van der Waals surface area contributed by atoms with Gasteiger partial charge in [-0.2, -0.15) is 0 Å². The van der Waals surface area contributed by atoms with Gasteiger partial charge < -0.3 is 14.8 Å². The van der Waals surface area contributed by atoms with Crippen molar-refractivity contribution in [3.05, 3.63) is 53.5 Å². The normalized spacial score (nSPS) is 10.2. The Morgan fingerprint density at radius 2 is 1.88 bits per heavy atom. The number of rotatable bonds is 6. The van der Waals surface area contributed by atoms with Crippen LogP contribution >= 0.6 is 11.3 Å². The van der Waals surface area contributed by atoms with Crippen molar-refractivity contribution in [2.24, 2.45) is 0 Å². The average Bonchev–Trinajstić information content (AvgIpc) is 3.21. The second kappa shape index (κ2) is 8.30. The molecule has 0 aliphatic carbocycles. The molecule has 0 bridgehead atoms. The largest absolute Gasteiger partial charge is 0.496 e. The fourth-order valence-electron chi connectivity index (χ4n) is 2.42. The molecule has 0 unspecified atom stereocenters. The quantitative estimate of drug-likeness (QED) is 0.456. The minimum atomic E-state index is 0.0845. The van der Waals surface area contributed by atoms with Gasteiger partial charge in [0.25, 0.3) is 0 Å². The van der Waals surface area contributed by atoms with Gasteiger partial charge in [0.05, 0.1) is 36.9 Å². The van der Waals surface area contributed by atoms with Gasteiger partial charge >= 0.3 is 0 Å². The summed E-state index contributed by atoms with van der Waals surface area (Å²) in [6.07, 6.45) is 1.67. The van der Waals surface area contributed by atoms with E-state index < -0.39 is 0 Å². The Labute approximate surface area is 155 Å². The number of methoxy groups -OCH3 is 2. The molecule has 0 radical (unpaired) electrons. The SMILES string of the molecule is COc1cccc(OC)c1CNC(=N)Nc1nccc(-c2cccs2)n1. The van der Waals surface area contributed by atoms with E-state index in [1.165, 1.54) is 0 Å². The van der Waals surface area contributed by atoms with Gasteiger partial charge in [0.2, 0.25) is 5.95 Å². The van der Waals surface area contributed by atoms with E-state index >= 15 is 0 Å². The lowest BCUT2D eigenvalue weighted by Gasteiger charge is -2.15. The molecule has 0 saturated heterocycles. The fraction of sp³-hybridized carbons (Fsp3) is 0.167. The lowest BCUT2D eigenvalue weighted by molar-refractivity contribution is 0.384. The van der Waals surface area contributed by atoms with Gasteiger partial charge in [-0.05, 0) is 29.6 Å². The molecule has 1 aromatic carbocycles. The number of nitrogens with one attached hydrogen (secondary N) is 3. The highest BCUT2D eigenvalue weighted by molar-refractivity contribution is 7.13. The summed E-state index contributed by atoms with van der Waals surface area (Å²) in [4.78, 5) is 9.65. The predicted octanol–water partition coefficient (Wildman–Crippen LogP) is 3.36. The Morgan fingerprint density at radius 1 is 1.12 bits per heavy atom. The summed E-state index contributed by atoms with van der Waals surface area (Å²) in [5.74, 6) is 1.84. The zero-order valence-electron chi connectivity index (χ0n) is 14.4. The first-order valence-electron chi connectivity index (χ1n) is 7.87. The van der Waals surface area contributed by atoms with E-state index in [9.17, 15) is 0 Å². The number of hydrogen-bond acceptors (Lipinski definition) is 6. The first kappa shape index (κ1) is 17.7. The molecule has 0 aliphatic rings. The maximum Gasteiger partial charge on any atom is 0.230 e. The van der Waals surface area contributed by atoms with Crippen molar-refractivity contribution in [2.75, 3.05) is 19.5 Å². The number of anilines is 1. The molecule has 0 amide bonds. The molecule has 3 rings (SSSR count). The molecular formula is C18H19N5O2S. The number of guanidine groups is 1. The molecule has 0 atom stereocenters. The summed E-state index contributed by atoms with van der Waals surface area (Å²) >= 11 is 1.60. The van der Waals surface area contributed by atoms with Gasteiger partial charge in [0, 0.05) is 6.20 Å². The average molecular weight is 369 g/mol. The second-order valence-electron chi connectivity index (χ2n) is 5.24. The smallest absolute Gasteiger partial charge is 0.230 e. The lowest BCUT2D eigenvalue weighted by Crippen LogP contribution is -2.30. The Morgan fingerprint density at radius 3 is 2.54 bits per heavy atom. The van der Waals surface area contributed by atoms with Crippen LogP contribution in [0.3, 0.4) is 0 Å². The van der Waals surface area contributed by atoms with Gasteiger partial charge in [0.1, 0.15) is 11.5 Å². The van der Waals surface area contributed by atoms with Crippen molar-refractivity contribution in [2.45, 2.75) is 6.54 Å². The standard InChI is InChI=1S/C18H19N5O2S/c1-24-14-5-3-6-15(25-2)12(14)11-21-17(19)23-18-20-9-8-13(22-18)16-7-4-10-26-16/h3-10H,11H2,1-2H3,(H3,19,20,21,22,23). The first-order chi connectivity index (χ1) is 12.7. The highest BCUT2D eigenvalue weighted by atomic mass is 32.1. The Bertz CT molecular complexity index is 861. The summed E-state index contributed by atoms with van der Waals surface area (Å²) < 4.78 is 10.7. The molecular weight excluding hydrogens is 350 g/mol. The Balaban J connectivity index is 1.66. The highest BCUT2D eigenvalue weighted by Gasteiger charge is 2.11. The molecule has 134 valence electrons. The number of hydrogen-bond donors (Lipinski definition) is 3. The van der Waals surface area contributed by atoms with Gasteiger partial charge in [-0.25, -0.2) is 9.97 Å². The van der Waals surface area contributed by atoms with Crippen molar-refractivity contribution in [3.8, 4) is 22.1 Å². The lowest BCUT2D eigenvalue weighted by atomic mass is 10.1. The topological polar surface area (TPSA) is 92.2 Å². The molecule has 0 aliphatic heterocycles. The monoisotopic (exact) mass is 369 g/mol.